The maximum Gasteiger partial charge on any atom is 0.0521 e. The molecule has 0 bridgehead atoms. The van der Waals surface area contributed by atoms with Crippen LogP contribution >= 0.6 is 0 Å². The largest absolute Gasteiger partial charge is 0.396 e. The highest BCUT2D eigenvalue weighted by molar-refractivity contribution is 5.04. The van der Waals surface area contributed by atoms with Crippen molar-refractivity contribution in [1.82, 2.24) is 9.78 Å². The Labute approximate surface area is 79.4 Å². The van der Waals surface area contributed by atoms with Crippen LogP contribution in [0.1, 0.15) is 25.3 Å². The van der Waals surface area contributed by atoms with Crippen LogP contribution in [0, 0.1) is 5.92 Å². The summed E-state index contributed by atoms with van der Waals surface area (Å²) < 4.78 is 1.80. The maximum absolute atomic E-state index is 9.10. The van der Waals surface area contributed by atoms with Crippen LogP contribution in [0.4, 0.5) is 0 Å². The molecule has 0 saturated carbocycles. The van der Waals surface area contributed by atoms with Gasteiger partial charge < -0.3 is 5.11 Å². The molecule has 3 heteroatoms. The van der Waals surface area contributed by atoms with E-state index in [9.17, 15) is 0 Å². The van der Waals surface area contributed by atoms with Gasteiger partial charge in [0.1, 0.15) is 0 Å². The second-order valence-corrected chi connectivity index (χ2v) is 3.56. The lowest BCUT2D eigenvalue weighted by Crippen LogP contribution is -2.08. The van der Waals surface area contributed by atoms with E-state index in [1.807, 2.05) is 19.4 Å². The first-order valence-electron chi connectivity index (χ1n) is 4.84. The summed E-state index contributed by atoms with van der Waals surface area (Å²) in [4.78, 5) is 0. The van der Waals surface area contributed by atoms with Crippen molar-refractivity contribution in [3.05, 3.63) is 18.0 Å². The molecule has 1 heterocycles. The molecule has 1 atom stereocenters. The number of nitrogens with zero attached hydrogens (tertiary/aromatic N) is 2. The summed E-state index contributed by atoms with van der Waals surface area (Å²) in [5, 5.41) is 13.2. The first-order chi connectivity index (χ1) is 6.26. The molecule has 1 aromatic heterocycles. The van der Waals surface area contributed by atoms with Crippen LogP contribution in [-0.4, -0.2) is 21.5 Å². The van der Waals surface area contributed by atoms with E-state index in [1.165, 1.54) is 5.56 Å². The molecule has 0 aromatic carbocycles. The standard InChI is InChI=1S/C10H18N2O/c1-3-4-9(8-13)5-10-6-11-12(2)7-10/h6-7,9,13H,3-5,8H2,1-2H3. The predicted octanol–water partition coefficient (Wildman–Crippen LogP) is 1.37. The Morgan fingerprint density at radius 2 is 2.38 bits per heavy atom. The average Bonchev–Trinajstić information content (AvgIpc) is 2.50. The van der Waals surface area contributed by atoms with Crippen molar-refractivity contribution in [3.8, 4) is 0 Å². The molecular weight excluding hydrogens is 164 g/mol. The molecule has 1 unspecified atom stereocenters. The summed E-state index contributed by atoms with van der Waals surface area (Å²) in [6.45, 7) is 2.43. The summed E-state index contributed by atoms with van der Waals surface area (Å²) >= 11 is 0. The average molecular weight is 182 g/mol. The van der Waals surface area contributed by atoms with Gasteiger partial charge in [-0.05, 0) is 24.3 Å². The normalized spacial score (nSPS) is 13.2. The zero-order valence-electron chi connectivity index (χ0n) is 8.40. The molecular formula is C10H18N2O. The molecule has 0 amide bonds. The molecule has 74 valence electrons. The Balaban J connectivity index is 2.46. The molecule has 0 saturated heterocycles. The smallest absolute Gasteiger partial charge is 0.0521 e. The van der Waals surface area contributed by atoms with Gasteiger partial charge in [-0.1, -0.05) is 13.3 Å². The summed E-state index contributed by atoms with van der Waals surface area (Å²) in [6.07, 6.45) is 7.05. The highest BCUT2D eigenvalue weighted by Crippen LogP contribution is 2.12. The first kappa shape index (κ1) is 10.3. The third-order valence-electron chi connectivity index (χ3n) is 2.24. The van der Waals surface area contributed by atoms with Crippen LogP contribution in [0.3, 0.4) is 0 Å². The Bertz CT molecular complexity index is 245. The Morgan fingerprint density at radius 1 is 1.62 bits per heavy atom. The van der Waals surface area contributed by atoms with Crippen LogP contribution < -0.4 is 0 Å². The monoisotopic (exact) mass is 182 g/mol. The third kappa shape index (κ3) is 3.19. The molecule has 0 radical (unpaired) electrons. The SMILES string of the molecule is CCCC(CO)Cc1cnn(C)c1. The van der Waals surface area contributed by atoms with Crippen LogP contribution in [0.2, 0.25) is 0 Å². The summed E-state index contributed by atoms with van der Waals surface area (Å²) in [6, 6.07) is 0. The Morgan fingerprint density at radius 3 is 2.85 bits per heavy atom. The highest BCUT2D eigenvalue weighted by atomic mass is 16.3. The van der Waals surface area contributed by atoms with Crippen molar-refractivity contribution in [2.24, 2.45) is 13.0 Å². The molecule has 0 aliphatic carbocycles. The van der Waals surface area contributed by atoms with E-state index in [0.717, 1.165) is 19.3 Å². The van der Waals surface area contributed by atoms with E-state index in [4.69, 9.17) is 5.11 Å². The van der Waals surface area contributed by atoms with Gasteiger partial charge in [-0.2, -0.15) is 5.10 Å². The Hall–Kier alpha value is -0.830. The van der Waals surface area contributed by atoms with Crippen molar-refractivity contribution in [3.63, 3.8) is 0 Å². The minimum absolute atomic E-state index is 0.280. The van der Waals surface area contributed by atoms with E-state index in [-0.39, 0.29) is 6.61 Å². The molecule has 13 heavy (non-hydrogen) atoms. The van der Waals surface area contributed by atoms with Gasteiger partial charge in [0.05, 0.1) is 6.20 Å². The van der Waals surface area contributed by atoms with Crippen molar-refractivity contribution >= 4 is 0 Å². The zero-order valence-corrected chi connectivity index (χ0v) is 8.40. The second kappa shape index (κ2) is 5.02. The second-order valence-electron chi connectivity index (χ2n) is 3.56. The quantitative estimate of drug-likeness (QED) is 0.747. The topological polar surface area (TPSA) is 38.1 Å². The molecule has 1 N–H and O–H groups in total. The first-order valence-corrected chi connectivity index (χ1v) is 4.84. The maximum atomic E-state index is 9.10. The van der Waals surface area contributed by atoms with E-state index < -0.39 is 0 Å². The summed E-state index contributed by atoms with van der Waals surface area (Å²) in [5.41, 5.74) is 1.22. The fourth-order valence-corrected chi connectivity index (χ4v) is 1.58. The number of aliphatic hydroxyl groups is 1. The Kier molecular flexibility index (Phi) is 3.96. The number of hydrogen-bond acceptors (Lipinski definition) is 2. The predicted molar refractivity (Wildman–Crippen MR) is 52.4 cm³/mol. The van der Waals surface area contributed by atoms with E-state index in [2.05, 4.69) is 12.0 Å². The van der Waals surface area contributed by atoms with Gasteiger partial charge >= 0.3 is 0 Å². The van der Waals surface area contributed by atoms with Crippen molar-refractivity contribution in [1.29, 1.82) is 0 Å². The fraction of sp³-hybridized carbons (Fsp3) is 0.700. The lowest BCUT2D eigenvalue weighted by molar-refractivity contribution is 0.217. The van der Waals surface area contributed by atoms with Gasteiger partial charge in [0.2, 0.25) is 0 Å². The number of aryl methyl sites for hydroxylation is 1. The minimum Gasteiger partial charge on any atom is -0.396 e. The lowest BCUT2D eigenvalue weighted by atomic mass is 9.98. The van der Waals surface area contributed by atoms with Crippen LogP contribution in [0.25, 0.3) is 0 Å². The van der Waals surface area contributed by atoms with Gasteiger partial charge in [-0.15, -0.1) is 0 Å². The molecule has 0 spiro atoms. The van der Waals surface area contributed by atoms with Crippen LogP contribution in [0.15, 0.2) is 12.4 Å². The van der Waals surface area contributed by atoms with E-state index in [0.29, 0.717) is 5.92 Å². The van der Waals surface area contributed by atoms with Gasteiger partial charge in [-0.3, -0.25) is 4.68 Å². The lowest BCUT2D eigenvalue weighted by Gasteiger charge is -2.10. The van der Waals surface area contributed by atoms with Crippen LogP contribution in [0.5, 0.6) is 0 Å². The van der Waals surface area contributed by atoms with Gasteiger partial charge in [0, 0.05) is 19.9 Å². The number of rotatable bonds is 5. The van der Waals surface area contributed by atoms with Gasteiger partial charge in [0.25, 0.3) is 0 Å². The molecule has 0 aliphatic heterocycles. The van der Waals surface area contributed by atoms with Crippen molar-refractivity contribution in [2.75, 3.05) is 6.61 Å². The number of aromatic nitrogens is 2. The molecule has 1 rings (SSSR count). The van der Waals surface area contributed by atoms with Crippen LogP contribution in [-0.2, 0) is 13.5 Å². The van der Waals surface area contributed by atoms with E-state index >= 15 is 0 Å². The molecule has 0 fully saturated rings. The highest BCUT2D eigenvalue weighted by Gasteiger charge is 2.08. The van der Waals surface area contributed by atoms with Crippen molar-refractivity contribution in [2.45, 2.75) is 26.2 Å². The number of aliphatic hydroxyl groups excluding tert-OH is 1. The zero-order chi connectivity index (χ0) is 9.68. The van der Waals surface area contributed by atoms with Crippen molar-refractivity contribution < 1.29 is 5.11 Å². The molecule has 0 aliphatic rings. The van der Waals surface area contributed by atoms with Gasteiger partial charge in [0.15, 0.2) is 0 Å². The van der Waals surface area contributed by atoms with Gasteiger partial charge in [-0.25, -0.2) is 0 Å². The molecule has 3 nitrogen and oxygen atoms in total. The minimum atomic E-state index is 0.280. The summed E-state index contributed by atoms with van der Waals surface area (Å²) in [5.74, 6) is 0.397. The molecule has 1 aromatic rings. The fourth-order valence-electron chi connectivity index (χ4n) is 1.58. The summed E-state index contributed by atoms with van der Waals surface area (Å²) in [7, 11) is 1.91. The van der Waals surface area contributed by atoms with E-state index in [1.54, 1.807) is 4.68 Å². The number of hydrogen-bond donors (Lipinski definition) is 1. The third-order valence-corrected chi connectivity index (χ3v) is 2.24.